The fourth-order valence-corrected chi connectivity index (χ4v) is 4.32. The molecule has 0 aliphatic carbocycles. The third-order valence-corrected chi connectivity index (χ3v) is 6.26. The molecule has 1 aliphatic heterocycles. The van der Waals surface area contributed by atoms with E-state index in [1.54, 1.807) is 24.9 Å². The van der Waals surface area contributed by atoms with E-state index in [4.69, 9.17) is 15.2 Å². The highest BCUT2D eigenvalue weighted by Gasteiger charge is 2.24. The Bertz CT molecular complexity index is 1150. The van der Waals surface area contributed by atoms with Gasteiger partial charge in [-0.1, -0.05) is 6.07 Å². The molecule has 1 aliphatic rings. The summed E-state index contributed by atoms with van der Waals surface area (Å²) in [5.41, 5.74) is 8.82. The summed E-state index contributed by atoms with van der Waals surface area (Å²) < 4.78 is 9.64. The second kappa shape index (κ2) is 13.3. The van der Waals surface area contributed by atoms with E-state index in [1.807, 2.05) is 18.2 Å². The first-order valence-corrected chi connectivity index (χ1v) is 12.9. The molecule has 0 saturated carbocycles. The number of ether oxygens (including phenoxy) is 2. The van der Waals surface area contributed by atoms with Crippen molar-refractivity contribution in [1.82, 2.24) is 19.9 Å². The zero-order valence-electron chi connectivity index (χ0n) is 19.9. The molecule has 1 saturated heterocycles. The van der Waals surface area contributed by atoms with E-state index in [2.05, 4.69) is 25.2 Å². The first-order valence-electron chi connectivity index (χ1n) is 11.1. The van der Waals surface area contributed by atoms with Crippen molar-refractivity contribution in [2.45, 2.75) is 13.8 Å². The predicted molar refractivity (Wildman–Crippen MR) is 138 cm³/mol. The van der Waals surface area contributed by atoms with Gasteiger partial charge in [0.15, 0.2) is 11.4 Å². The Labute approximate surface area is 216 Å². The number of aromatic nitrogens is 3. The smallest absolute Gasteiger partial charge is 0.360 e. The number of hydrogen-bond donors (Lipinski definition) is 2. The molecule has 4 heterocycles. The van der Waals surface area contributed by atoms with Crippen LogP contribution in [0.2, 0.25) is 0 Å². The zero-order valence-corrected chi connectivity index (χ0v) is 21.5. The van der Waals surface area contributed by atoms with Gasteiger partial charge >= 0.3 is 18.0 Å². The number of carbonyl (C=O) groups is 3. The average molecular weight is 534 g/mol. The van der Waals surface area contributed by atoms with Gasteiger partial charge in [-0.25, -0.2) is 29.3 Å². The minimum Gasteiger partial charge on any atom is -0.461 e. The normalized spacial score (nSPS) is 12.8. The molecule has 4 rings (SSSR count). The van der Waals surface area contributed by atoms with E-state index in [9.17, 15) is 14.4 Å². The van der Waals surface area contributed by atoms with E-state index < -0.39 is 11.9 Å². The summed E-state index contributed by atoms with van der Waals surface area (Å²) in [6, 6.07) is 5.54. The number of anilines is 3. The third kappa shape index (κ3) is 7.11. The summed E-state index contributed by atoms with van der Waals surface area (Å²) in [6.45, 7) is 6.64. The molecule has 0 radical (unpaired) electrons. The summed E-state index contributed by atoms with van der Waals surface area (Å²) in [6.07, 6.45) is 1.76. The molecule has 192 valence electrons. The van der Waals surface area contributed by atoms with Gasteiger partial charge in [0.1, 0.15) is 15.8 Å². The molecule has 3 aromatic rings. The van der Waals surface area contributed by atoms with Crippen LogP contribution in [0.4, 0.5) is 20.6 Å². The molecule has 0 atom stereocenters. The van der Waals surface area contributed by atoms with Gasteiger partial charge in [0, 0.05) is 32.4 Å². The Kier molecular flexibility index (Phi) is 9.94. The van der Waals surface area contributed by atoms with Crippen molar-refractivity contribution in [2.24, 2.45) is 0 Å². The Morgan fingerprint density at radius 3 is 2.17 bits per heavy atom. The number of carbonyl (C=O) groups excluding carboxylic acids is 3. The van der Waals surface area contributed by atoms with Crippen LogP contribution in [0.3, 0.4) is 0 Å². The van der Waals surface area contributed by atoms with E-state index >= 15 is 0 Å². The van der Waals surface area contributed by atoms with Crippen LogP contribution < -0.4 is 16.0 Å². The van der Waals surface area contributed by atoms with Crippen LogP contribution in [0.15, 0.2) is 35.4 Å². The third-order valence-electron chi connectivity index (χ3n) is 4.86. The maximum atomic E-state index is 12.4. The van der Waals surface area contributed by atoms with Crippen LogP contribution in [-0.2, 0) is 9.47 Å². The lowest BCUT2D eigenvalue weighted by Gasteiger charge is -2.35. The summed E-state index contributed by atoms with van der Waals surface area (Å²) in [5, 5.41) is 3.58. The molecule has 2 amide bonds. The lowest BCUT2D eigenvalue weighted by molar-refractivity contribution is 0.0512. The van der Waals surface area contributed by atoms with Crippen molar-refractivity contribution in [1.29, 1.82) is 0 Å². The summed E-state index contributed by atoms with van der Waals surface area (Å²) >= 11 is 2.43. The maximum Gasteiger partial charge on any atom is 0.360 e. The van der Waals surface area contributed by atoms with Crippen LogP contribution in [0.25, 0.3) is 0 Å². The molecule has 14 heteroatoms. The molecule has 3 aromatic heterocycles. The van der Waals surface area contributed by atoms with Crippen molar-refractivity contribution in [3.8, 4) is 0 Å². The molecule has 0 aromatic carbocycles. The molecular formula is C22H27N7O5S2. The van der Waals surface area contributed by atoms with Gasteiger partial charge in [0.25, 0.3) is 0 Å². The highest BCUT2D eigenvalue weighted by molar-refractivity contribution is 7.14. The number of amides is 2. The number of nitrogen functional groups attached to an aromatic ring is 1. The highest BCUT2D eigenvalue weighted by Crippen LogP contribution is 2.22. The maximum absolute atomic E-state index is 12.4. The minimum absolute atomic E-state index is 0.146. The fraction of sp³-hybridized carbons (Fsp3) is 0.364. The Morgan fingerprint density at radius 1 is 0.944 bits per heavy atom. The molecule has 3 N–H and O–H groups in total. The van der Waals surface area contributed by atoms with E-state index in [0.717, 1.165) is 5.82 Å². The van der Waals surface area contributed by atoms with Gasteiger partial charge in [0.05, 0.1) is 24.2 Å². The molecule has 12 nitrogen and oxygen atoms in total. The van der Waals surface area contributed by atoms with E-state index in [0.29, 0.717) is 42.8 Å². The van der Waals surface area contributed by atoms with Crippen molar-refractivity contribution in [2.75, 3.05) is 55.3 Å². The number of nitrogens with one attached hydrogen (secondary N) is 1. The van der Waals surface area contributed by atoms with Crippen LogP contribution >= 0.6 is 22.7 Å². The van der Waals surface area contributed by atoms with Gasteiger partial charge in [-0.3, -0.25) is 5.32 Å². The second-order valence-corrected chi connectivity index (χ2v) is 8.87. The first kappa shape index (κ1) is 26.8. The Hall–Kier alpha value is -3.78. The molecule has 0 unspecified atom stereocenters. The number of urea groups is 1. The second-order valence-electron chi connectivity index (χ2n) is 7.13. The summed E-state index contributed by atoms with van der Waals surface area (Å²) in [7, 11) is 0. The number of hydrogen-bond acceptors (Lipinski definition) is 12. The Morgan fingerprint density at radius 2 is 1.58 bits per heavy atom. The van der Waals surface area contributed by atoms with Gasteiger partial charge in [0.2, 0.25) is 0 Å². The van der Waals surface area contributed by atoms with E-state index in [-0.39, 0.29) is 24.0 Å². The molecule has 0 spiro atoms. The molecular weight excluding hydrogens is 506 g/mol. The number of piperazine rings is 1. The quantitative estimate of drug-likeness (QED) is 0.452. The van der Waals surface area contributed by atoms with Gasteiger partial charge in [-0.2, -0.15) is 0 Å². The van der Waals surface area contributed by atoms with Gasteiger partial charge < -0.3 is 25.0 Å². The first-order chi connectivity index (χ1) is 17.4. The minimum atomic E-state index is -0.529. The van der Waals surface area contributed by atoms with Crippen LogP contribution in [-0.4, -0.2) is 77.2 Å². The average Bonchev–Trinajstić information content (AvgIpc) is 3.54. The van der Waals surface area contributed by atoms with Crippen molar-refractivity contribution in [3.05, 3.63) is 46.8 Å². The van der Waals surface area contributed by atoms with Gasteiger partial charge in [-0.15, -0.1) is 22.7 Å². The SMILES string of the molecule is CCOC(=O)c1ncsc1N.CCOC(=O)c1ncsc1NC(=O)N1CCN(c2ccccn2)CC1. The molecule has 1 fully saturated rings. The topological polar surface area (TPSA) is 153 Å². The largest absolute Gasteiger partial charge is 0.461 e. The monoisotopic (exact) mass is 533 g/mol. The number of rotatable bonds is 6. The van der Waals surface area contributed by atoms with Crippen molar-refractivity contribution >= 4 is 56.5 Å². The summed E-state index contributed by atoms with van der Waals surface area (Å²) in [4.78, 5) is 51.2. The number of pyridine rings is 1. The van der Waals surface area contributed by atoms with Gasteiger partial charge in [-0.05, 0) is 26.0 Å². The Balaban J connectivity index is 0.000000275. The summed E-state index contributed by atoms with van der Waals surface area (Å²) in [5.74, 6) is -0.0696. The lowest BCUT2D eigenvalue weighted by Crippen LogP contribution is -2.50. The van der Waals surface area contributed by atoms with Crippen LogP contribution in [0, 0.1) is 0 Å². The number of thiazole rings is 2. The molecule has 0 bridgehead atoms. The predicted octanol–water partition coefficient (Wildman–Crippen LogP) is 2.97. The van der Waals surface area contributed by atoms with Crippen molar-refractivity contribution < 1.29 is 23.9 Å². The van der Waals surface area contributed by atoms with Crippen LogP contribution in [0.5, 0.6) is 0 Å². The number of esters is 2. The fourth-order valence-electron chi connectivity index (χ4n) is 3.14. The van der Waals surface area contributed by atoms with Crippen LogP contribution in [0.1, 0.15) is 34.8 Å². The molecule has 36 heavy (non-hydrogen) atoms. The van der Waals surface area contributed by atoms with Crippen molar-refractivity contribution in [3.63, 3.8) is 0 Å². The zero-order chi connectivity index (χ0) is 25.9. The number of nitrogens with two attached hydrogens (primary N) is 1. The lowest BCUT2D eigenvalue weighted by atomic mass is 10.3. The highest BCUT2D eigenvalue weighted by atomic mass is 32.1. The number of nitrogens with zero attached hydrogens (tertiary/aromatic N) is 5. The van der Waals surface area contributed by atoms with E-state index in [1.165, 1.54) is 33.7 Å². The standard InChI is InChI=1S/C16H19N5O3S.C6H8N2O2S/c1-2-24-15(22)13-14(25-11-18-13)19-16(23)21-9-7-20(8-10-21)12-5-3-4-6-17-12;1-2-10-6(9)4-5(7)11-3-8-4/h3-6,11H,2,7-10H2,1H3,(H,19,23);3H,2,7H2,1H3.